The molecule has 1 unspecified atom stereocenters. The average Bonchev–Trinajstić information content (AvgIpc) is 2.39. The van der Waals surface area contributed by atoms with Crippen molar-refractivity contribution < 1.29 is 5.11 Å². The Morgan fingerprint density at radius 2 is 1.71 bits per heavy atom. The summed E-state index contributed by atoms with van der Waals surface area (Å²) >= 11 is 0. The first kappa shape index (κ1) is 10.5. The zero-order valence-electron chi connectivity index (χ0n) is 9.76. The van der Waals surface area contributed by atoms with E-state index in [2.05, 4.69) is 42.5 Å². The molecule has 1 aliphatic carbocycles. The molecule has 0 aliphatic heterocycles. The van der Waals surface area contributed by atoms with E-state index >= 15 is 0 Å². The standard InChI is InChI=1S/C16H16O/c17-16-9-8-14-10-13(6-7-15(14)11-16)12-4-2-1-3-5-12/h1-7,10,16-17H,8-9,11H2. The Balaban J connectivity index is 1.99. The summed E-state index contributed by atoms with van der Waals surface area (Å²) in [6.07, 6.45) is 2.55. The molecular weight excluding hydrogens is 208 g/mol. The summed E-state index contributed by atoms with van der Waals surface area (Å²) in [4.78, 5) is 0. The Morgan fingerprint density at radius 3 is 2.53 bits per heavy atom. The van der Waals surface area contributed by atoms with Crippen molar-refractivity contribution in [3.05, 3.63) is 59.7 Å². The summed E-state index contributed by atoms with van der Waals surface area (Å²) in [5.74, 6) is 0. The first-order chi connectivity index (χ1) is 8.33. The predicted molar refractivity (Wildman–Crippen MR) is 69.9 cm³/mol. The highest BCUT2D eigenvalue weighted by atomic mass is 16.3. The maximum absolute atomic E-state index is 9.64. The highest BCUT2D eigenvalue weighted by Gasteiger charge is 2.16. The van der Waals surface area contributed by atoms with Crippen LogP contribution in [0.15, 0.2) is 48.5 Å². The molecule has 86 valence electrons. The molecule has 0 amide bonds. The summed E-state index contributed by atoms with van der Waals surface area (Å²) in [7, 11) is 0. The Hall–Kier alpha value is -1.60. The molecule has 0 aromatic heterocycles. The van der Waals surface area contributed by atoms with Crippen LogP contribution in [0, 0.1) is 0 Å². The second-order valence-corrected chi connectivity index (χ2v) is 4.75. The molecule has 0 radical (unpaired) electrons. The maximum atomic E-state index is 9.64. The number of hydrogen-bond donors (Lipinski definition) is 1. The van der Waals surface area contributed by atoms with Gasteiger partial charge in [-0.3, -0.25) is 0 Å². The lowest BCUT2D eigenvalue weighted by Crippen LogP contribution is -2.18. The lowest BCUT2D eigenvalue weighted by atomic mass is 9.87. The van der Waals surface area contributed by atoms with Crippen LogP contribution in [0.2, 0.25) is 0 Å². The molecule has 0 saturated carbocycles. The van der Waals surface area contributed by atoms with E-state index in [0.29, 0.717) is 0 Å². The van der Waals surface area contributed by atoms with Crippen molar-refractivity contribution >= 4 is 0 Å². The van der Waals surface area contributed by atoms with Gasteiger partial charge in [-0.2, -0.15) is 0 Å². The molecule has 0 saturated heterocycles. The molecule has 17 heavy (non-hydrogen) atoms. The van der Waals surface area contributed by atoms with E-state index in [9.17, 15) is 5.11 Å². The van der Waals surface area contributed by atoms with Crippen molar-refractivity contribution in [2.75, 3.05) is 0 Å². The molecule has 1 aliphatic rings. The van der Waals surface area contributed by atoms with Crippen LogP contribution in [0.1, 0.15) is 17.5 Å². The van der Waals surface area contributed by atoms with Gasteiger partial charge < -0.3 is 5.11 Å². The molecule has 2 aromatic carbocycles. The van der Waals surface area contributed by atoms with Crippen molar-refractivity contribution in [1.82, 2.24) is 0 Å². The van der Waals surface area contributed by atoms with Gasteiger partial charge in [0.15, 0.2) is 0 Å². The summed E-state index contributed by atoms with van der Waals surface area (Å²) < 4.78 is 0. The van der Waals surface area contributed by atoms with Gasteiger partial charge in [-0.05, 0) is 41.5 Å². The largest absolute Gasteiger partial charge is 0.393 e. The quantitative estimate of drug-likeness (QED) is 0.788. The Kier molecular flexibility index (Phi) is 2.69. The van der Waals surface area contributed by atoms with Crippen LogP contribution in [-0.2, 0) is 12.8 Å². The van der Waals surface area contributed by atoms with Crippen molar-refractivity contribution in [3.63, 3.8) is 0 Å². The zero-order chi connectivity index (χ0) is 11.7. The molecule has 0 heterocycles. The molecule has 1 N–H and O–H groups in total. The van der Waals surface area contributed by atoms with Crippen molar-refractivity contribution in [3.8, 4) is 11.1 Å². The van der Waals surface area contributed by atoms with Gasteiger partial charge in [0.25, 0.3) is 0 Å². The monoisotopic (exact) mass is 224 g/mol. The van der Waals surface area contributed by atoms with Crippen molar-refractivity contribution in [2.24, 2.45) is 0 Å². The smallest absolute Gasteiger partial charge is 0.0583 e. The van der Waals surface area contributed by atoms with E-state index in [-0.39, 0.29) is 6.10 Å². The van der Waals surface area contributed by atoms with Crippen LogP contribution in [0.4, 0.5) is 0 Å². The van der Waals surface area contributed by atoms with Crippen molar-refractivity contribution in [1.29, 1.82) is 0 Å². The first-order valence-corrected chi connectivity index (χ1v) is 6.18. The minimum Gasteiger partial charge on any atom is -0.393 e. The number of fused-ring (bicyclic) bond motifs is 1. The van der Waals surface area contributed by atoms with E-state index in [1.165, 1.54) is 22.3 Å². The number of benzene rings is 2. The summed E-state index contributed by atoms with van der Waals surface area (Å²) in [6, 6.07) is 17.1. The van der Waals surface area contributed by atoms with E-state index in [1.807, 2.05) is 6.07 Å². The minimum atomic E-state index is -0.148. The fraction of sp³-hybridized carbons (Fsp3) is 0.250. The van der Waals surface area contributed by atoms with Crippen LogP contribution < -0.4 is 0 Å². The highest BCUT2D eigenvalue weighted by Crippen LogP contribution is 2.27. The van der Waals surface area contributed by atoms with Gasteiger partial charge in [0.2, 0.25) is 0 Å². The number of hydrogen-bond acceptors (Lipinski definition) is 1. The number of aliphatic hydroxyl groups is 1. The minimum absolute atomic E-state index is 0.148. The van der Waals surface area contributed by atoms with Crippen LogP contribution in [0.5, 0.6) is 0 Å². The third-order valence-corrected chi connectivity index (χ3v) is 3.52. The SMILES string of the molecule is OC1CCc2cc(-c3ccccc3)ccc2C1. The lowest BCUT2D eigenvalue weighted by Gasteiger charge is -2.21. The Labute approximate surface area is 102 Å². The van der Waals surface area contributed by atoms with Crippen LogP contribution in [0.25, 0.3) is 11.1 Å². The molecule has 1 atom stereocenters. The lowest BCUT2D eigenvalue weighted by molar-refractivity contribution is 0.158. The van der Waals surface area contributed by atoms with Crippen LogP contribution >= 0.6 is 0 Å². The van der Waals surface area contributed by atoms with Crippen LogP contribution in [0.3, 0.4) is 0 Å². The predicted octanol–water partition coefficient (Wildman–Crippen LogP) is 3.20. The normalized spacial score (nSPS) is 18.8. The van der Waals surface area contributed by atoms with Gasteiger partial charge in [0.1, 0.15) is 0 Å². The number of aliphatic hydroxyl groups excluding tert-OH is 1. The Morgan fingerprint density at radius 1 is 0.882 bits per heavy atom. The second-order valence-electron chi connectivity index (χ2n) is 4.75. The van der Waals surface area contributed by atoms with Gasteiger partial charge in [-0.15, -0.1) is 0 Å². The fourth-order valence-electron chi connectivity index (χ4n) is 2.55. The molecule has 0 fully saturated rings. The zero-order valence-corrected chi connectivity index (χ0v) is 9.76. The van der Waals surface area contributed by atoms with Crippen molar-refractivity contribution in [2.45, 2.75) is 25.4 Å². The molecule has 0 spiro atoms. The van der Waals surface area contributed by atoms with Gasteiger partial charge in [0.05, 0.1) is 6.10 Å². The topological polar surface area (TPSA) is 20.2 Å². The van der Waals surface area contributed by atoms with E-state index < -0.39 is 0 Å². The molecule has 2 aromatic rings. The molecule has 3 rings (SSSR count). The summed E-state index contributed by atoms with van der Waals surface area (Å²) in [5.41, 5.74) is 5.25. The second kappa shape index (κ2) is 4.34. The summed E-state index contributed by atoms with van der Waals surface area (Å²) in [6.45, 7) is 0. The molecule has 1 nitrogen and oxygen atoms in total. The van der Waals surface area contributed by atoms with Gasteiger partial charge >= 0.3 is 0 Å². The van der Waals surface area contributed by atoms with Gasteiger partial charge in [-0.1, -0.05) is 48.5 Å². The highest BCUT2D eigenvalue weighted by molar-refractivity contribution is 5.65. The number of rotatable bonds is 1. The van der Waals surface area contributed by atoms with E-state index in [0.717, 1.165) is 19.3 Å². The fourth-order valence-corrected chi connectivity index (χ4v) is 2.55. The van der Waals surface area contributed by atoms with E-state index in [1.54, 1.807) is 0 Å². The van der Waals surface area contributed by atoms with Crippen LogP contribution in [-0.4, -0.2) is 11.2 Å². The number of aryl methyl sites for hydroxylation is 1. The third kappa shape index (κ3) is 2.11. The van der Waals surface area contributed by atoms with Gasteiger partial charge in [-0.25, -0.2) is 0 Å². The molecule has 1 heteroatoms. The molecule has 0 bridgehead atoms. The average molecular weight is 224 g/mol. The first-order valence-electron chi connectivity index (χ1n) is 6.18. The van der Waals surface area contributed by atoms with Gasteiger partial charge in [0, 0.05) is 0 Å². The maximum Gasteiger partial charge on any atom is 0.0583 e. The Bertz CT molecular complexity index is 516. The molecular formula is C16H16O. The summed E-state index contributed by atoms with van der Waals surface area (Å²) in [5, 5.41) is 9.64. The van der Waals surface area contributed by atoms with E-state index in [4.69, 9.17) is 0 Å². The third-order valence-electron chi connectivity index (χ3n) is 3.52.